The molecular formula is C32H28BrClN2O5S. The van der Waals surface area contributed by atoms with Crippen molar-refractivity contribution < 1.29 is 19.0 Å². The number of hydrogen-bond donors (Lipinski definition) is 0. The van der Waals surface area contributed by atoms with Gasteiger partial charge < -0.3 is 14.2 Å². The molecule has 0 N–H and O–H groups in total. The largest absolute Gasteiger partial charge is 0.493 e. The topological polar surface area (TPSA) is 79.1 Å². The van der Waals surface area contributed by atoms with Gasteiger partial charge in [0.15, 0.2) is 4.80 Å². The van der Waals surface area contributed by atoms with E-state index in [2.05, 4.69) is 15.9 Å². The first kappa shape index (κ1) is 29.8. The average Bonchev–Trinajstić information content (AvgIpc) is 3.30. The van der Waals surface area contributed by atoms with E-state index in [1.54, 1.807) is 29.7 Å². The number of aromatic nitrogens is 1. The molecule has 4 aromatic rings. The molecule has 42 heavy (non-hydrogen) atoms. The Morgan fingerprint density at radius 2 is 1.69 bits per heavy atom. The van der Waals surface area contributed by atoms with Gasteiger partial charge in [0.05, 0.1) is 46.1 Å². The van der Waals surface area contributed by atoms with Crippen LogP contribution in [0.5, 0.6) is 11.5 Å². The van der Waals surface area contributed by atoms with E-state index in [0.29, 0.717) is 55.9 Å². The van der Waals surface area contributed by atoms with Crippen LogP contribution in [0.1, 0.15) is 43.5 Å². The highest BCUT2D eigenvalue weighted by molar-refractivity contribution is 9.10. The quantitative estimate of drug-likeness (QED) is 0.200. The van der Waals surface area contributed by atoms with Gasteiger partial charge in [0.2, 0.25) is 0 Å². The summed E-state index contributed by atoms with van der Waals surface area (Å²) < 4.78 is 19.9. The van der Waals surface area contributed by atoms with Gasteiger partial charge in [0.25, 0.3) is 5.56 Å². The highest BCUT2D eigenvalue weighted by atomic mass is 79.9. The Balaban J connectivity index is 1.80. The van der Waals surface area contributed by atoms with E-state index in [1.165, 1.54) is 11.3 Å². The number of benzene rings is 3. The lowest BCUT2D eigenvalue weighted by atomic mass is 9.93. The molecule has 2 heterocycles. The Bertz CT molecular complexity index is 1830. The van der Waals surface area contributed by atoms with Crippen molar-refractivity contribution in [2.45, 2.75) is 26.8 Å². The van der Waals surface area contributed by atoms with Crippen molar-refractivity contribution in [3.05, 3.63) is 118 Å². The van der Waals surface area contributed by atoms with Crippen LogP contribution >= 0.6 is 38.9 Å². The highest BCUT2D eigenvalue weighted by Crippen LogP contribution is 2.36. The third-order valence-electron chi connectivity index (χ3n) is 6.51. The van der Waals surface area contributed by atoms with E-state index >= 15 is 0 Å². The molecule has 1 aliphatic heterocycles. The van der Waals surface area contributed by atoms with E-state index < -0.39 is 12.0 Å². The minimum Gasteiger partial charge on any atom is -0.493 e. The fourth-order valence-electron chi connectivity index (χ4n) is 4.75. The molecule has 1 aromatic heterocycles. The average molecular weight is 668 g/mol. The molecule has 5 rings (SSSR count). The Labute approximate surface area is 260 Å². The standard InChI is InChI=1S/C32H28BrClN2O5S/c1-4-39-24-18-25(40-5-2)23(33)16-21(24)17-26-30(37)36-29(20-12-14-22(34)15-13-20)27(31(38)41-6-3)28(35-32(36)42-26)19-10-8-7-9-11-19/h7-18,29H,4-6H2,1-3H3/b26-17-/t29-/m0/s1. The van der Waals surface area contributed by atoms with Crippen LogP contribution in [0.3, 0.4) is 0 Å². The summed E-state index contributed by atoms with van der Waals surface area (Å²) in [6, 6.07) is 19.4. The minimum absolute atomic E-state index is 0.176. The van der Waals surface area contributed by atoms with E-state index in [4.69, 9.17) is 30.8 Å². The van der Waals surface area contributed by atoms with E-state index in [1.807, 2.05) is 68.4 Å². The third-order valence-corrected chi connectivity index (χ3v) is 8.36. The number of carbonyl (C=O) groups is 1. The van der Waals surface area contributed by atoms with Crippen molar-refractivity contribution in [3.8, 4) is 11.5 Å². The molecule has 0 saturated carbocycles. The van der Waals surface area contributed by atoms with E-state index in [9.17, 15) is 9.59 Å². The summed E-state index contributed by atoms with van der Waals surface area (Å²) in [7, 11) is 0. The first-order valence-corrected chi connectivity index (χ1v) is 15.5. The summed E-state index contributed by atoms with van der Waals surface area (Å²) in [5, 5.41) is 0.542. The lowest BCUT2D eigenvalue weighted by molar-refractivity contribution is -0.138. The van der Waals surface area contributed by atoms with Gasteiger partial charge in [-0.15, -0.1) is 0 Å². The number of carbonyl (C=O) groups excluding carboxylic acids is 1. The van der Waals surface area contributed by atoms with Gasteiger partial charge in [-0.1, -0.05) is 65.4 Å². The van der Waals surface area contributed by atoms with Crippen molar-refractivity contribution in [2.24, 2.45) is 4.99 Å². The maximum absolute atomic E-state index is 14.2. The molecule has 1 aliphatic rings. The smallest absolute Gasteiger partial charge is 0.338 e. The van der Waals surface area contributed by atoms with Crippen molar-refractivity contribution in [2.75, 3.05) is 19.8 Å². The van der Waals surface area contributed by atoms with Crippen LogP contribution in [-0.4, -0.2) is 30.4 Å². The molecule has 0 amide bonds. The van der Waals surface area contributed by atoms with Crippen LogP contribution < -0.4 is 24.4 Å². The number of halogens is 2. The summed E-state index contributed by atoms with van der Waals surface area (Å²) in [5.41, 5.74) is 2.60. The van der Waals surface area contributed by atoms with Crippen molar-refractivity contribution >= 4 is 56.6 Å². The maximum atomic E-state index is 14.2. The van der Waals surface area contributed by atoms with Gasteiger partial charge in [-0.2, -0.15) is 0 Å². The fraction of sp³-hybridized carbons (Fsp3) is 0.219. The SMILES string of the molecule is CCOC(=O)C1=C(c2ccccc2)N=c2s/c(=C\c3cc(Br)c(OCC)cc3OCC)c(=O)n2[C@H]1c1ccc(Cl)cc1. The molecule has 1 atom stereocenters. The zero-order valence-electron chi connectivity index (χ0n) is 23.2. The normalized spacial score (nSPS) is 14.8. The molecule has 7 nitrogen and oxygen atoms in total. The van der Waals surface area contributed by atoms with Gasteiger partial charge in [0, 0.05) is 22.2 Å². The lowest BCUT2D eigenvalue weighted by Gasteiger charge is -2.26. The number of esters is 1. The number of hydrogen-bond acceptors (Lipinski definition) is 7. The molecule has 0 saturated heterocycles. The molecule has 0 spiro atoms. The number of fused-ring (bicyclic) bond motifs is 1. The Morgan fingerprint density at radius 3 is 2.36 bits per heavy atom. The summed E-state index contributed by atoms with van der Waals surface area (Å²) in [5.74, 6) is 0.693. The first-order chi connectivity index (χ1) is 20.4. The first-order valence-electron chi connectivity index (χ1n) is 13.5. The molecule has 10 heteroatoms. The Morgan fingerprint density at radius 1 is 1.00 bits per heavy atom. The molecule has 0 bridgehead atoms. The van der Waals surface area contributed by atoms with E-state index in [0.717, 1.165) is 10.0 Å². The monoisotopic (exact) mass is 666 g/mol. The molecule has 0 radical (unpaired) electrons. The summed E-state index contributed by atoms with van der Waals surface area (Å²) in [4.78, 5) is 33.1. The van der Waals surface area contributed by atoms with Crippen molar-refractivity contribution in [1.29, 1.82) is 0 Å². The molecule has 3 aromatic carbocycles. The van der Waals surface area contributed by atoms with Crippen molar-refractivity contribution in [1.82, 2.24) is 4.57 Å². The zero-order chi connectivity index (χ0) is 29.8. The van der Waals surface area contributed by atoms with Crippen LogP contribution in [0.25, 0.3) is 11.8 Å². The lowest BCUT2D eigenvalue weighted by Crippen LogP contribution is -2.40. The van der Waals surface area contributed by atoms with Crippen LogP contribution in [0.4, 0.5) is 0 Å². The maximum Gasteiger partial charge on any atom is 0.338 e. The second-order valence-electron chi connectivity index (χ2n) is 9.17. The van der Waals surface area contributed by atoms with Gasteiger partial charge in [-0.05, 0) is 66.5 Å². The second kappa shape index (κ2) is 13.1. The van der Waals surface area contributed by atoms with Crippen LogP contribution in [0, 0.1) is 0 Å². The highest BCUT2D eigenvalue weighted by Gasteiger charge is 2.35. The van der Waals surface area contributed by atoms with Crippen LogP contribution in [0.2, 0.25) is 5.02 Å². The fourth-order valence-corrected chi connectivity index (χ4v) is 6.35. The Hall–Kier alpha value is -3.66. The predicted molar refractivity (Wildman–Crippen MR) is 169 cm³/mol. The van der Waals surface area contributed by atoms with Crippen LogP contribution in [0.15, 0.2) is 86.6 Å². The van der Waals surface area contributed by atoms with Gasteiger partial charge in [0.1, 0.15) is 11.5 Å². The van der Waals surface area contributed by atoms with Gasteiger partial charge in [-0.25, -0.2) is 9.79 Å². The number of ether oxygens (including phenoxy) is 3. The zero-order valence-corrected chi connectivity index (χ0v) is 26.4. The number of nitrogens with zero attached hydrogens (tertiary/aromatic N) is 2. The number of rotatable bonds is 9. The number of thiazole rings is 1. The molecule has 0 fully saturated rings. The van der Waals surface area contributed by atoms with Crippen LogP contribution in [-0.2, 0) is 9.53 Å². The molecular weight excluding hydrogens is 640 g/mol. The van der Waals surface area contributed by atoms with Gasteiger partial charge in [-0.3, -0.25) is 9.36 Å². The van der Waals surface area contributed by atoms with Gasteiger partial charge >= 0.3 is 5.97 Å². The minimum atomic E-state index is -0.784. The van der Waals surface area contributed by atoms with Crippen molar-refractivity contribution in [3.63, 3.8) is 0 Å². The molecule has 0 unspecified atom stereocenters. The summed E-state index contributed by atoms with van der Waals surface area (Å²) >= 11 is 11.0. The third kappa shape index (κ3) is 5.95. The predicted octanol–water partition coefficient (Wildman–Crippen LogP) is 6.15. The van der Waals surface area contributed by atoms with E-state index in [-0.39, 0.29) is 17.7 Å². The molecule has 216 valence electrons. The summed E-state index contributed by atoms with van der Waals surface area (Å²) in [6.07, 6.45) is 1.78. The Kier molecular flexibility index (Phi) is 9.30. The second-order valence-corrected chi connectivity index (χ2v) is 11.5. The molecule has 0 aliphatic carbocycles. The summed E-state index contributed by atoms with van der Waals surface area (Å²) in [6.45, 7) is 6.67.